The molecule has 1 aliphatic rings. The van der Waals surface area contributed by atoms with E-state index in [1.54, 1.807) is 0 Å². The Morgan fingerprint density at radius 3 is 2.62 bits per heavy atom. The lowest BCUT2D eigenvalue weighted by atomic mass is 10.1. The molecule has 2 aromatic rings. The van der Waals surface area contributed by atoms with E-state index in [9.17, 15) is 4.79 Å². The Hall–Kier alpha value is -2.53. The molecule has 1 amide bonds. The van der Waals surface area contributed by atoms with Crippen molar-refractivity contribution in [3.63, 3.8) is 0 Å². The standard InChI is InChI=1S/C19H22N2O3/c1-2-24-18-5-3-4-16(14-18)20-19(22)15-6-8-17(9-7-15)21-10-12-23-13-11-21/h3-9,14H,2,10-13H2,1H3,(H,20,22). The lowest BCUT2D eigenvalue weighted by molar-refractivity contribution is 0.102. The second-order valence-corrected chi connectivity index (χ2v) is 5.56. The van der Waals surface area contributed by atoms with E-state index in [1.807, 2.05) is 55.5 Å². The Morgan fingerprint density at radius 2 is 1.92 bits per heavy atom. The van der Waals surface area contributed by atoms with Gasteiger partial charge in [-0.2, -0.15) is 0 Å². The minimum Gasteiger partial charge on any atom is -0.494 e. The zero-order chi connectivity index (χ0) is 16.8. The van der Waals surface area contributed by atoms with Crippen molar-refractivity contribution in [2.24, 2.45) is 0 Å². The number of nitrogens with zero attached hydrogens (tertiary/aromatic N) is 1. The van der Waals surface area contributed by atoms with Crippen molar-refractivity contribution >= 4 is 17.3 Å². The molecule has 0 spiro atoms. The Morgan fingerprint density at radius 1 is 1.17 bits per heavy atom. The number of carbonyl (C=O) groups is 1. The maximum absolute atomic E-state index is 12.4. The van der Waals surface area contributed by atoms with Crippen LogP contribution < -0.4 is 15.0 Å². The second-order valence-electron chi connectivity index (χ2n) is 5.56. The van der Waals surface area contributed by atoms with Gasteiger partial charge >= 0.3 is 0 Å². The number of amides is 1. The van der Waals surface area contributed by atoms with E-state index in [0.29, 0.717) is 12.2 Å². The molecule has 0 atom stereocenters. The van der Waals surface area contributed by atoms with Crippen molar-refractivity contribution in [2.75, 3.05) is 43.1 Å². The molecule has 1 heterocycles. The van der Waals surface area contributed by atoms with Crippen LogP contribution in [-0.2, 0) is 4.74 Å². The highest BCUT2D eigenvalue weighted by Gasteiger charge is 2.12. The predicted molar refractivity (Wildman–Crippen MR) is 95.0 cm³/mol. The number of nitrogens with one attached hydrogen (secondary N) is 1. The van der Waals surface area contributed by atoms with Crippen LogP contribution in [0.5, 0.6) is 5.75 Å². The van der Waals surface area contributed by atoms with Gasteiger partial charge in [0.15, 0.2) is 0 Å². The number of hydrogen-bond acceptors (Lipinski definition) is 4. The van der Waals surface area contributed by atoms with E-state index >= 15 is 0 Å². The number of carbonyl (C=O) groups excluding carboxylic acids is 1. The van der Waals surface area contributed by atoms with Gasteiger partial charge in [-0.05, 0) is 43.3 Å². The average molecular weight is 326 g/mol. The van der Waals surface area contributed by atoms with Gasteiger partial charge in [-0.25, -0.2) is 0 Å². The smallest absolute Gasteiger partial charge is 0.255 e. The molecule has 0 bridgehead atoms. The van der Waals surface area contributed by atoms with Crippen molar-refractivity contribution in [3.05, 3.63) is 54.1 Å². The molecule has 3 rings (SSSR count). The second kappa shape index (κ2) is 7.84. The van der Waals surface area contributed by atoms with Gasteiger partial charge in [0, 0.05) is 36.1 Å². The number of hydrogen-bond donors (Lipinski definition) is 1. The molecule has 1 saturated heterocycles. The van der Waals surface area contributed by atoms with Gasteiger partial charge < -0.3 is 19.7 Å². The predicted octanol–water partition coefficient (Wildman–Crippen LogP) is 3.17. The highest BCUT2D eigenvalue weighted by molar-refractivity contribution is 6.04. The molecule has 126 valence electrons. The summed E-state index contributed by atoms with van der Waals surface area (Å²) in [6, 6.07) is 15.1. The fourth-order valence-corrected chi connectivity index (χ4v) is 2.68. The number of benzene rings is 2. The maximum atomic E-state index is 12.4. The van der Waals surface area contributed by atoms with Crippen LogP contribution >= 0.6 is 0 Å². The maximum Gasteiger partial charge on any atom is 0.255 e. The highest BCUT2D eigenvalue weighted by atomic mass is 16.5. The zero-order valence-electron chi connectivity index (χ0n) is 13.8. The summed E-state index contributed by atoms with van der Waals surface area (Å²) in [4.78, 5) is 14.6. The van der Waals surface area contributed by atoms with Crippen LogP contribution in [-0.4, -0.2) is 38.8 Å². The van der Waals surface area contributed by atoms with E-state index in [4.69, 9.17) is 9.47 Å². The van der Waals surface area contributed by atoms with Crippen LogP contribution in [0.25, 0.3) is 0 Å². The largest absolute Gasteiger partial charge is 0.494 e. The minimum absolute atomic E-state index is 0.128. The van der Waals surface area contributed by atoms with Crippen LogP contribution in [0.1, 0.15) is 17.3 Å². The van der Waals surface area contributed by atoms with Crippen molar-refractivity contribution in [3.8, 4) is 5.75 Å². The summed E-state index contributed by atoms with van der Waals surface area (Å²) in [5.74, 6) is 0.621. The molecule has 1 aliphatic heterocycles. The molecule has 0 unspecified atom stereocenters. The monoisotopic (exact) mass is 326 g/mol. The summed E-state index contributed by atoms with van der Waals surface area (Å²) in [6.45, 7) is 5.80. The first-order chi connectivity index (χ1) is 11.8. The fraction of sp³-hybridized carbons (Fsp3) is 0.316. The summed E-state index contributed by atoms with van der Waals surface area (Å²) < 4.78 is 10.8. The van der Waals surface area contributed by atoms with Crippen LogP contribution in [0, 0.1) is 0 Å². The summed E-state index contributed by atoms with van der Waals surface area (Å²) in [7, 11) is 0. The molecule has 0 aromatic heterocycles. The van der Waals surface area contributed by atoms with Crippen molar-refractivity contribution in [1.29, 1.82) is 0 Å². The summed E-state index contributed by atoms with van der Waals surface area (Å²) in [6.07, 6.45) is 0. The topological polar surface area (TPSA) is 50.8 Å². The fourth-order valence-electron chi connectivity index (χ4n) is 2.68. The molecular weight excluding hydrogens is 304 g/mol. The summed E-state index contributed by atoms with van der Waals surface area (Å²) >= 11 is 0. The third kappa shape index (κ3) is 4.06. The van der Waals surface area contributed by atoms with Gasteiger partial charge in [0.05, 0.1) is 19.8 Å². The van der Waals surface area contributed by atoms with Gasteiger partial charge in [-0.1, -0.05) is 6.07 Å². The molecule has 0 aliphatic carbocycles. The summed E-state index contributed by atoms with van der Waals surface area (Å²) in [5.41, 5.74) is 2.48. The van der Waals surface area contributed by atoms with Crippen molar-refractivity contribution in [1.82, 2.24) is 0 Å². The third-order valence-electron chi connectivity index (χ3n) is 3.91. The number of morpholine rings is 1. The first-order valence-electron chi connectivity index (χ1n) is 8.23. The van der Waals surface area contributed by atoms with E-state index in [2.05, 4.69) is 10.2 Å². The van der Waals surface area contributed by atoms with Crippen molar-refractivity contribution < 1.29 is 14.3 Å². The molecule has 1 N–H and O–H groups in total. The molecule has 5 nitrogen and oxygen atoms in total. The van der Waals surface area contributed by atoms with E-state index in [0.717, 1.165) is 43.4 Å². The Kier molecular flexibility index (Phi) is 5.33. The number of anilines is 2. The quantitative estimate of drug-likeness (QED) is 0.917. The first kappa shape index (κ1) is 16.3. The SMILES string of the molecule is CCOc1cccc(NC(=O)c2ccc(N3CCOCC3)cc2)c1. The molecule has 2 aromatic carbocycles. The average Bonchev–Trinajstić information content (AvgIpc) is 2.63. The van der Waals surface area contributed by atoms with Crippen LogP contribution in [0.4, 0.5) is 11.4 Å². The van der Waals surface area contributed by atoms with E-state index < -0.39 is 0 Å². The van der Waals surface area contributed by atoms with Gasteiger partial charge in [-0.3, -0.25) is 4.79 Å². The highest BCUT2D eigenvalue weighted by Crippen LogP contribution is 2.20. The number of rotatable bonds is 5. The van der Waals surface area contributed by atoms with E-state index in [-0.39, 0.29) is 5.91 Å². The zero-order valence-corrected chi connectivity index (χ0v) is 13.8. The third-order valence-corrected chi connectivity index (χ3v) is 3.91. The molecule has 0 radical (unpaired) electrons. The normalized spacial score (nSPS) is 14.3. The molecule has 0 saturated carbocycles. The van der Waals surface area contributed by atoms with Crippen LogP contribution in [0.2, 0.25) is 0 Å². The first-order valence-corrected chi connectivity index (χ1v) is 8.23. The van der Waals surface area contributed by atoms with Crippen molar-refractivity contribution in [2.45, 2.75) is 6.92 Å². The Balaban J connectivity index is 1.65. The van der Waals surface area contributed by atoms with E-state index in [1.165, 1.54) is 0 Å². The summed E-state index contributed by atoms with van der Waals surface area (Å²) in [5, 5.41) is 2.90. The number of ether oxygens (including phenoxy) is 2. The molecular formula is C19H22N2O3. The molecule has 5 heteroatoms. The molecule has 24 heavy (non-hydrogen) atoms. The van der Waals surface area contributed by atoms with Gasteiger partial charge in [0.1, 0.15) is 5.75 Å². The molecule has 1 fully saturated rings. The van der Waals surface area contributed by atoms with Gasteiger partial charge in [0.2, 0.25) is 0 Å². The lowest BCUT2D eigenvalue weighted by Crippen LogP contribution is -2.36. The lowest BCUT2D eigenvalue weighted by Gasteiger charge is -2.28. The minimum atomic E-state index is -0.128. The Bertz CT molecular complexity index is 679. The Labute approximate surface area is 142 Å². The van der Waals surface area contributed by atoms with Crippen LogP contribution in [0.15, 0.2) is 48.5 Å². The van der Waals surface area contributed by atoms with Gasteiger partial charge in [-0.15, -0.1) is 0 Å². The van der Waals surface area contributed by atoms with Crippen LogP contribution in [0.3, 0.4) is 0 Å². The van der Waals surface area contributed by atoms with Gasteiger partial charge in [0.25, 0.3) is 5.91 Å².